The lowest BCUT2D eigenvalue weighted by atomic mass is 9.98. The number of rotatable bonds is 5. The minimum absolute atomic E-state index is 0.410. The fourth-order valence-electron chi connectivity index (χ4n) is 3.60. The van der Waals surface area contributed by atoms with E-state index in [-0.39, 0.29) is 0 Å². The lowest BCUT2D eigenvalue weighted by molar-refractivity contribution is -0.137. The summed E-state index contributed by atoms with van der Waals surface area (Å²) in [7, 11) is 0. The molecule has 2 N–H and O–H groups in total. The van der Waals surface area contributed by atoms with Gasteiger partial charge in [0, 0.05) is 18.8 Å². The first-order valence-corrected chi connectivity index (χ1v) is 12.1. The maximum Gasteiger partial charge on any atom is 0.416 e. The predicted octanol–water partition coefficient (Wildman–Crippen LogP) is 6.88. The number of alkyl halides is 4. The van der Waals surface area contributed by atoms with E-state index in [1.54, 1.807) is 6.08 Å². The topological polar surface area (TPSA) is 66.0 Å². The number of hydrogen-bond acceptors (Lipinski definition) is 7. The molecule has 1 aromatic carbocycles. The van der Waals surface area contributed by atoms with E-state index in [1.165, 1.54) is 23.5 Å². The SMILES string of the molecule is CC1(Cl)CC=CC(Cl)=C1Nc1nc2c(Nc3ccc(C(F)(F)F)cc3)nc(N3CCC3)nc2s1. The standard InChI is InChI=1S/C22H19Cl2F3N6S/c1-21(24)9-2-4-14(23)16(21)30-20-29-15-17(28-13-7-5-12(6-8-13)22(25,26)27)31-19(32-18(15)34-20)33-10-3-11-33/h2,4-8H,3,9-11H2,1H3,(H,29,30)(H,28,31,32). The van der Waals surface area contributed by atoms with Gasteiger partial charge in [-0.2, -0.15) is 23.1 Å². The van der Waals surface area contributed by atoms with Gasteiger partial charge in [0.25, 0.3) is 0 Å². The van der Waals surface area contributed by atoms with Gasteiger partial charge in [-0.3, -0.25) is 0 Å². The molecule has 2 aromatic heterocycles. The molecule has 1 saturated heterocycles. The van der Waals surface area contributed by atoms with Gasteiger partial charge in [0.15, 0.2) is 15.8 Å². The fourth-order valence-corrected chi connectivity index (χ4v) is 5.07. The van der Waals surface area contributed by atoms with E-state index in [0.717, 1.165) is 31.6 Å². The van der Waals surface area contributed by atoms with Crippen molar-refractivity contribution in [1.82, 2.24) is 15.0 Å². The minimum atomic E-state index is -4.40. The third kappa shape index (κ3) is 4.54. The lowest BCUT2D eigenvalue weighted by Gasteiger charge is -2.30. The van der Waals surface area contributed by atoms with Gasteiger partial charge >= 0.3 is 6.18 Å². The van der Waals surface area contributed by atoms with Gasteiger partial charge in [0.2, 0.25) is 5.95 Å². The molecule has 0 saturated carbocycles. The molecule has 178 valence electrons. The largest absolute Gasteiger partial charge is 0.416 e. The molecule has 0 amide bonds. The lowest BCUT2D eigenvalue weighted by Crippen LogP contribution is -2.38. The summed E-state index contributed by atoms with van der Waals surface area (Å²) in [6, 6.07) is 4.78. The van der Waals surface area contributed by atoms with Crippen LogP contribution in [0.5, 0.6) is 0 Å². The number of hydrogen-bond donors (Lipinski definition) is 2. The predicted molar refractivity (Wildman–Crippen MR) is 131 cm³/mol. The molecule has 1 fully saturated rings. The molecule has 1 unspecified atom stereocenters. The van der Waals surface area contributed by atoms with E-state index in [2.05, 4.69) is 25.6 Å². The molecule has 1 aliphatic carbocycles. The molecule has 0 bridgehead atoms. The van der Waals surface area contributed by atoms with E-state index in [9.17, 15) is 13.2 Å². The number of halogens is 5. The van der Waals surface area contributed by atoms with Crippen molar-refractivity contribution in [3.63, 3.8) is 0 Å². The Bertz CT molecular complexity index is 1300. The highest BCUT2D eigenvalue weighted by Crippen LogP contribution is 2.40. The Hall–Kier alpha value is -2.56. The van der Waals surface area contributed by atoms with Crippen LogP contribution >= 0.6 is 34.5 Å². The Balaban J connectivity index is 1.51. The summed E-state index contributed by atoms with van der Waals surface area (Å²) < 4.78 is 38.8. The van der Waals surface area contributed by atoms with E-state index in [4.69, 9.17) is 23.2 Å². The van der Waals surface area contributed by atoms with Crippen LogP contribution in [0.25, 0.3) is 10.3 Å². The molecule has 6 nitrogen and oxygen atoms in total. The Labute approximate surface area is 207 Å². The minimum Gasteiger partial charge on any atom is -0.341 e. The van der Waals surface area contributed by atoms with Crippen LogP contribution in [0.2, 0.25) is 0 Å². The van der Waals surface area contributed by atoms with E-state index < -0.39 is 16.6 Å². The van der Waals surface area contributed by atoms with Gasteiger partial charge in [-0.05, 0) is 50.1 Å². The van der Waals surface area contributed by atoms with Gasteiger partial charge in [-0.25, -0.2) is 4.98 Å². The van der Waals surface area contributed by atoms with Crippen LogP contribution in [0.15, 0.2) is 47.1 Å². The monoisotopic (exact) mass is 526 g/mol. The number of benzene rings is 1. The molecule has 34 heavy (non-hydrogen) atoms. The summed E-state index contributed by atoms with van der Waals surface area (Å²) in [4.78, 5) is 15.9. The summed E-state index contributed by atoms with van der Waals surface area (Å²) in [6.45, 7) is 3.55. The third-order valence-electron chi connectivity index (χ3n) is 5.62. The van der Waals surface area contributed by atoms with Crippen molar-refractivity contribution in [2.24, 2.45) is 0 Å². The second-order valence-corrected chi connectivity index (χ2v) is 10.5. The second-order valence-electron chi connectivity index (χ2n) is 8.24. The Kier molecular flexibility index (Phi) is 5.86. The number of aromatic nitrogens is 3. The van der Waals surface area contributed by atoms with Crippen molar-refractivity contribution in [3.05, 3.63) is 52.7 Å². The summed E-state index contributed by atoms with van der Waals surface area (Å²) in [5, 5.41) is 7.38. The van der Waals surface area contributed by atoms with E-state index in [1.807, 2.05) is 17.9 Å². The molecule has 12 heteroatoms. The van der Waals surface area contributed by atoms with Crippen LogP contribution in [0.1, 0.15) is 25.3 Å². The second kappa shape index (κ2) is 8.58. The van der Waals surface area contributed by atoms with Gasteiger partial charge in [0.05, 0.1) is 21.2 Å². The third-order valence-corrected chi connectivity index (χ3v) is 7.14. The highest BCUT2D eigenvalue weighted by Gasteiger charge is 2.32. The van der Waals surface area contributed by atoms with Gasteiger partial charge in [0.1, 0.15) is 5.52 Å². The Morgan fingerprint density at radius 1 is 1.09 bits per heavy atom. The summed E-state index contributed by atoms with van der Waals surface area (Å²) in [5.41, 5.74) is 0.881. The van der Waals surface area contributed by atoms with Crippen LogP contribution in [0, 0.1) is 0 Å². The molecule has 3 aromatic rings. The maximum absolute atomic E-state index is 12.9. The molecule has 0 radical (unpaired) electrons. The van der Waals surface area contributed by atoms with Crippen LogP contribution in [-0.4, -0.2) is 32.9 Å². The normalized spacial score (nSPS) is 20.6. The first-order chi connectivity index (χ1) is 16.1. The molecule has 3 heterocycles. The van der Waals surface area contributed by atoms with Gasteiger partial charge < -0.3 is 15.5 Å². The number of thiazole rings is 1. The summed E-state index contributed by atoms with van der Waals surface area (Å²) in [6.07, 6.45) is 0.962. The van der Waals surface area contributed by atoms with Crippen LogP contribution < -0.4 is 15.5 Å². The van der Waals surface area contributed by atoms with E-state index >= 15 is 0 Å². The van der Waals surface area contributed by atoms with Crippen molar-refractivity contribution in [2.75, 3.05) is 28.6 Å². The van der Waals surface area contributed by atoms with Crippen LogP contribution in [0.3, 0.4) is 0 Å². The van der Waals surface area contributed by atoms with Gasteiger partial charge in [-0.15, -0.1) is 11.6 Å². The number of anilines is 4. The molecule has 1 aliphatic heterocycles. The molecular formula is C22H19Cl2F3N6S. The summed E-state index contributed by atoms with van der Waals surface area (Å²) in [5.74, 6) is 0.955. The highest BCUT2D eigenvalue weighted by atomic mass is 35.5. The Morgan fingerprint density at radius 2 is 1.82 bits per heavy atom. The maximum atomic E-state index is 12.9. The van der Waals surface area contributed by atoms with Crippen molar-refractivity contribution >= 4 is 67.5 Å². The number of nitrogens with one attached hydrogen (secondary N) is 2. The fraction of sp³-hybridized carbons (Fsp3) is 0.318. The quantitative estimate of drug-likeness (QED) is 0.353. The molecule has 2 aliphatic rings. The number of fused-ring (bicyclic) bond motifs is 1. The number of allylic oxidation sites excluding steroid dienone is 4. The van der Waals surface area contributed by atoms with Crippen molar-refractivity contribution in [2.45, 2.75) is 30.8 Å². The van der Waals surface area contributed by atoms with Crippen molar-refractivity contribution < 1.29 is 13.2 Å². The molecular weight excluding hydrogens is 508 g/mol. The first kappa shape index (κ1) is 23.2. The molecule has 1 atom stereocenters. The zero-order valence-corrected chi connectivity index (χ0v) is 20.2. The Morgan fingerprint density at radius 3 is 2.44 bits per heavy atom. The number of nitrogens with zero attached hydrogens (tertiary/aromatic N) is 4. The van der Waals surface area contributed by atoms with Crippen LogP contribution in [-0.2, 0) is 6.18 Å². The molecule has 0 spiro atoms. The van der Waals surface area contributed by atoms with Crippen molar-refractivity contribution in [1.29, 1.82) is 0 Å². The average Bonchev–Trinajstić information content (AvgIpc) is 3.12. The van der Waals surface area contributed by atoms with Gasteiger partial charge in [-0.1, -0.05) is 29.0 Å². The smallest absolute Gasteiger partial charge is 0.341 e. The summed E-state index contributed by atoms with van der Waals surface area (Å²) >= 11 is 14.4. The van der Waals surface area contributed by atoms with E-state index in [0.29, 0.717) is 50.1 Å². The zero-order valence-electron chi connectivity index (χ0n) is 17.9. The highest BCUT2D eigenvalue weighted by molar-refractivity contribution is 7.21. The van der Waals surface area contributed by atoms with Crippen LogP contribution in [0.4, 0.5) is 35.8 Å². The zero-order chi connectivity index (χ0) is 24.1. The first-order valence-electron chi connectivity index (χ1n) is 10.5. The van der Waals surface area contributed by atoms with Crippen molar-refractivity contribution in [3.8, 4) is 0 Å². The average molecular weight is 527 g/mol. The molecule has 5 rings (SSSR count).